The van der Waals surface area contributed by atoms with Crippen molar-refractivity contribution in [1.82, 2.24) is 0 Å². The van der Waals surface area contributed by atoms with Crippen LogP contribution < -0.4 is 9.64 Å². The Balaban J connectivity index is 1.92. The zero-order chi connectivity index (χ0) is 23.7. The summed E-state index contributed by atoms with van der Waals surface area (Å²) >= 11 is 3.46. The number of hydrogen-bond donors (Lipinski definition) is 1. The molecule has 1 unspecified atom stereocenters. The summed E-state index contributed by atoms with van der Waals surface area (Å²) < 4.78 is 6.44. The summed E-state index contributed by atoms with van der Waals surface area (Å²) in [6.45, 7) is 6.26. The number of hydrogen-bond acceptors (Lipinski definition) is 4. The number of rotatable bonds is 5. The van der Waals surface area contributed by atoms with E-state index in [-0.39, 0.29) is 11.3 Å². The molecule has 1 N–H and O–H groups in total. The second-order valence-electron chi connectivity index (χ2n) is 7.97. The van der Waals surface area contributed by atoms with E-state index in [1.54, 1.807) is 30.3 Å². The van der Waals surface area contributed by atoms with Crippen molar-refractivity contribution >= 4 is 39.1 Å². The third-order valence-electron chi connectivity index (χ3n) is 5.66. The maximum atomic E-state index is 13.3. The van der Waals surface area contributed by atoms with E-state index in [0.29, 0.717) is 29.2 Å². The van der Waals surface area contributed by atoms with Crippen LogP contribution in [0.15, 0.2) is 76.8 Å². The number of ketones is 1. The van der Waals surface area contributed by atoms with Crippen molar-refractivity contribution in [3.63, 3.8) is 0 Å². The lowest BCUT2D eigenvalue weighted by atomic mass is 9.94. The van der Waals surface area contributed by atoms with Crippen molar-refractivity contribution in [3.05, 3.63) is 99.0 Å². The Bertz CT molecular complexity index is 1260. The second kappa shape index (κ2) is 9.24. The lowest BCUT2D eigenvalue weighted by Gasteiger charge is -2.26. The van der Waals surface area contributed by atoms with Gasteiger partial charge in [-0.25, -0.2) is 0 Å². The third-order valence-corrected chi connectivity index (χ3v) is 6.55. The van der Waals surface area contributed by atoms with Crippen molar-refractivity contribution < 1.29 is 19.4 Å². The molecule has 0 saturated carbocycles. The lowest BCUT2D eigenvalue weighted by molar-refractivity contribution is -0.132. The Hall–Kier alpha value is -3.38. The highest BCUT2D eigenvalue weighted by molar-refractivity contribution is 9.10. The van der Waals surface area contributed by atoms with Crippen LogP contribution in [0.1, 0.15) is 35.2 Å². The van der Waals surface area contributed by atoms with Gasteiger partial charge in [-0.2, -0.15) is 0 Å². The van der Waals surface area contributed by atoms with E-state index < -0.39 is 17.7 Å². The first-order valence-corrected chi connectivity index (χ1v) is 11.5. The molecule has 168 valence electrons. The van der Waals surface area contributed by atoms with E-state index in [9.17, 15) is 14.7 Å². The van der Waals surface area contributed by atoms with Gasteiger partial charge in [0, 0.05) is 15.7 Å². The number of aryl methyl sites for hydroxylation is 2. The van der Waals surface area contributed by atoms with E-state index in [1.807, 2.05) is 57.2 Å². The van der Waals surface area contributed by atoms with Crippen molar-refractivity contribution in [1.29, 1.82) is 0 Å². The fourth-order valence-electron chi connectivity index (χ4n) is 4.05. The van der Waals surface area contributed by atoms with Gasteiger partial charge in [0.2, 0.25) is 0 Å². The minimum absolute atomic E-state index is 0.0624. The largest absolute Gasteiger partial charge is 0.507 e. The van der Waals surface area contributed by atoms with E-state index in [4.69, 9.17) is 4.74 Å². The number of aliphatic hydroxyl groups is 1. The maximum absolute atomic E-state index is 13.3. The van der Waals surface area contributed by atoms with Gasteiger partial charge in [-0.3, -0.25) is 14.5 Å². The number of aliphatic hydroxyl groups excluding tert-OH is 1. The number of anilines is 1. The van der Waals surface area contributed by atoms with Gasteiger partial charge in [0.1, 0.15) is 11.5 Å². The van der Waals surface area contributed by atoms with Gasteiger partial charge in [0.05, 0.1) is 18.2 Å². The first-order valence-electron chi connectivity index (χ1n) is 10.7. The molecule has 1 amide bonds. The molecule has 0 aromatic heterocycles. The fourth-order valence-corrected chi connectivity index (χ4v) is 4.30. The number of nitrogens with zero attached hydrogens (tertiary/aromatic N) is 1. The van der Waals surface area contributed by atoms with Crippen LogP contribution in [0.3, 0.4) is 0 Å². The minimum atomic E-state index is -0.772. The number of carbonyl (C=O) groups is 2. The van der Waals surface area contributed by atoms with Crippen molar-refractivity contribution in [2.45, 2.75) is 26.8 Å². The summed E-state index contributed by atoms with van der Waals surface area (Å²) in [7, 11) is 0. The average Bonchev–Trinajstić information content (AvgIpc) is 3.06. The highest BCUT2D eigenvalue weighted by Crippen LogP contribution is 2.42. The quantitative estimate of drug-likeness (QED) is 0.258. The Morgan fingerprint density at radius 3 is 2.39 bits per heavy atom. The average molecular weight is 506 g/mol. The molecule has 0 spiro atoms. The first kappa shape index (κ1) is 22.8. The summed E-state index contributed by atoms with van der Waals surface area (Å²) in [6.07, 6.45) is 0. The fraction of sp³-hybridized carbons (Fsp3) is 0.185. The van der Waals surface area contributed by atoms with Gasteiger partial charge >= 0.3 is 0 Å². The summed E-state index contributed by atoms with van der Waals surface area (Å²) in [6, 6.07) is 19.2. The van der Waals surface area contributed by atoms with E-state index in [0.717, 1.165) is 15.6 Å². The summed E-state index contributed by atoms with van der Waals surface area (Å²) in [4.78, 5) is 27.9. The Morgan fingerprint density at radius 2 is 1.76 bits per heavy atom. The molecule has 1 saturated heterocycles. The van der Waals surface area contributed by atoms with Gasteiger partial charge < -0.3 is 9.84 Å². The highest BCUT2D eigenvalue weighted by atomic mass is 79.9. The van der Waals surface area contributed by atoms with Crippen LogP contribution in [-0.2, 0) is 9.59 Å². The Kier molecular flexibility index (Phi) is 6.38. The Labute approximate surface area is 201 Å². The van der Waals surface area contributed by atoms with E-state index in [2.05, 4.69) is 15.9 Å². The molecule has 3 aromatic carbocycles. The number of ether oxygens (including phenoxy) is 1. The molecule has 1 aliphatic rings. The first-order chi connectivity index (χ1) is 15.8. The lowest BCUT2D eigenvalue weighted by Crippen LogP contribution is -2.29. The van der Waals surface area contributed by atoms with Crippen LogP contribution in [-0.4, -0.2) is 23.4 Å². The molecule has 1 heterocycles. The molecule has 0 radical (unpaired) electrons. The zero-order valence-corrected chi connectivity index (χ0v) is 20.2. The molecular formula is C27H24BrNO4. The Morgan fingerprint density at radius 1 is 1.03 bits per heavy atom. The predicted molar refractivity (Wildman–Crippen MR) is 132 cm³/mol. The van der Waals surface area contributed by atoms with E-state index in [1.165, 1.54) is 4.90 Å². The summed E-state index contributed by atoms with van der Waals surface area (Å²) in [5, 5.41) is 11.3. The molecule has 0 bridgehead atoms. The molecule has 3 aromatic rings. The standard InChI is InChI=1S/C27H24BrNO4/c1-4-33-21-11-8-18(9-12-21)24-23(25(30)19-10-13-22(28)17(3)15-19)26(31)27(32)29(24)20-7-5-6-16(2)14-20/h5-15,24,30H,4H2,1-3H3/b25-23-. The summed E-state index contributed by atoms with van der Waals surface area (Å²) in [5.41, 5.74) is 3.71. The topological polar surface area (TPSA) is 66.8 Å². The van der Waals surface area contributed by atoms with Gasteiger partial charge in [-0.1, -0.05) is 46.3 Å². The van der Waals surface area contributed by atoms with E-state index >= 15 is 0 Å². The summed E-state index contributed by atoms with van der Waals surface area (Å²) in [5.74, 6) is -0.890. The number of amides is 1. The molecule has 33 heavy (non-hydrogen) atoms. The number of benzene rings is 3. The molecule has 6 heteroatoms. The van der Waals surface area contributed by atoms with Crippen LogP contribution in [0.2, 0.25) is 0 Å². The number of carbonyl (C=O) groups excluding carboxylic acids is 2. The van der Waals surface area contributed by atoms with Gasteiger partial charge in [0.15, 0.2) is 0 Å². The molecule has 4 rings (SSSR count). The monoisotopic (exact) mass is 505 g/mol. The molecule has 1 atom stereocenters. The van der Waals surface area contributed by atoms with Gasteiger partial charge in [-0.15, -0.1) is 0 Å². The van der Waals surface area contributed by atoms with Gasteiger partial charge in [0.25, 0.3) is 11.7 Å². The van der Waals surface area contributed by atoms with Crippen LogP contribution in [0.25, 0.3) is 5.76 Å². The molecular weight excluding hydrogens is 482 g/mol. The smallest absolute Gasteiger partial charge is 0.300 e. The van der Waals surface area contributed by atoms with Crippen LogP contribution in [0.4, 0.5) is 5.69 Å². The maximum Gasteiger partial charge on any atom is 0.300 e. The molecule has 1 fully saturated rings. The zero-order valence-electron chi connectivity index (χ0n) is 18.6. The van der Waals surface area contributed by atoms with Crippen molar-refractivity contribution in [3.8, 4) is 5.75 Å². The predicted octanol–water partition coefficient (Wildman–Crippen LogP) is 6.09. The van der Waals surface area contributed by atoms with Crippen LogP contribution in [0, 0.1) is 13.8 Å². The SMILES string of the molecule is CCOc1ccc(C2/C(=C(/O)c3ccc(Br)c(C)c3)C(=O)C(=O)N2c2cccc(C)c2)cc1. The van der Waals surface area contributed by atoms with Crippen LogP contribution >= 0.6 is 15.9 Å². The third kappa shape index (κ3) is 4.31. The molecule has 0 aliphatic carbocycles. The molecule has 1 aliphatic heterocycles. The number of halogens is 1. The van der Waals surface area contributed by atoms with Crippen molar-refractivity contribution in [2.24, 2.45) is 0 Å². The highest BCUT2D eigenvalue weighted by Gasteiger charge is 2.47. The second-order valence-corrected chi connectivity index (χ2v) is 8.83. The van der Waals surface area contributed by atoms with Crippen LogP contribution in [0.5, 0.6) is 5.75 Å². The normalized spacial score (nSPS) is 17.5. The van der Waals surface area contributed by atoms with Crippen molar-refractivity contribution in [2.75, 3.05) is 11.5 Å². The number of Topliss-reactive ketones (excluding diaryl/α,β-unsaturated/α-hetero) is 1. The van der Waals surface area contributed by atoms with Gasteiger partial charge in [-0.05, 0) is 73.9 Å². The molecule has 5 nitrogen and oxygen atoms in total. The minimum Gasteiger partial charge on any atom is -0.507 e.